The van der Waals surface area contributed by atoms with Crippen LogP contribution in [0.2, 0.25) is 0 Å². The summed E-state index contributed by atoms with van der Waals surface area (Å²) < 4.78 is 24.1. The van der Waals surface area contributed by atoms with Crippen LogP contribution in [0.3, 0.4) is 0 Å². The largest absolute Gasteiger partial charge is 0.489 e. The lowest BCUT2D eigenvalue weighted by molar-refractivity contribution is -0.112. The minimum absolute atomic E-state index is 0.00187. The monoisotopic (exact) mass is 430 g/mol. The first-order chi connectivity index (χ1) is 15.5. The molecule has 3 aromatic rings. The standard InChI is InChI=1S/C25H19FN2O4/c1-31-25(30)19-10-6-18(7-11-19)16-32-21-12-8-17(9-13-21)14-20(15-27)24(29)28-23-5-3-2-4-22(23)26/h2-14H,16H2,1H3,(H,28,29). The lowest BCUT2D eigenvalue weighted by atomic mass is 10.1. The predicted molar refractivity (Wildman–Crippen MR) is 117 cm³/mol. The maximum atomic E-state index is 13.7. The van der Waals surface area contributed by atoms with Crippen molar-refractivity contribution in [1.29, 1.82) is 5.26 Å². The molecule has 0 saturated heterocycles. The molecule has 6 nitrogen and oxygen atoms in total. The van der Waals surface area contributed by atoms with Crippen LogP contribution in [-0.4, -0.2) is 19.0 Å². The Bertz CT molecular complexity index is 1180. The summed E-state index contributed by atoms with van der Waals surface area (Å²) in [4.78, 5) is 23.8. The number of halogens is 1. The summed E-state index contributed by atoms with van der Waals surface area (Å²) in [5.41, 5.74) is 1.78. The van der Waals surface area contributed by atoms with Crippen LogP contribution < -0.4 is 10.1 Å². The van der Waals surface area contributed by atoms with Crippen LogP contribution in [0, 0.1) is 17.1 Å². The SMILES string of the molecule is COC(=O)c1ccc(COc2ccc(C=C(C#N)C(=O)Nc3ccccc3F)cc2)cc1. The van der Waals surface area contributed by atoms with E-state index in [1.165, 1.54) is 31.4 Å². The second-order valence-corrected chi connectivity index (χ2v) is 6.65. The molecule has 0 bridgehead atoms. The zero-order chi connectivity index (χ0) is 22.9. The van der Waals surface area contributed by atoms with Crippen LogP contribution in [0.5, 0.6) is 5.75 Å². The van der Waals surface area contributed by atoms with E-state index >= 15 is 0 Å². The minimum atomic E-state index is -0.701. The molecule has 0 atom stereocenters. The number of nitriles is 1. The highest BCUT2D eigenvalue weighted by molar-refractivity contribution is 6.09. The van der Waals surface area contributed by atoms with E-state index in [0.29, 0.717) is 23.5 Å². The maximum Gasteiger partial charge on any atom is 0.337 e. The number of para-hydroxylation sites is 1. The molecule has 0 unspecified atom stereocenters. The zero-order valence-electron chi connectivity index (χ0n) is 17.2. The average molecular weight is 430 g/mol. The lowest BCUT2D eigenvalue weighted by Gasteiger charge is -2.08. The number of rotatable bonds is 7. The first-order valence-corrected chi connectivity index (χ1v) is 9.58. The molecular weight excluding hydrogens is 411 g/mol. The highest BCUT2D eigenvalue weighted by atomic mass is 19.1. The molecule has 32 heavy (non-hydrogen) atoms. The van der Waals surface area contributed by atoms with Crippen LogP contribution in [0.4, 0.5) is 10.1 Å². The smallest absolute Gasteiger partial charge is 0.337 e. The van der Waals surface area contributed by atoms with E-state index < -0.39 is 17.7 Å². The fraction of sp³-hybridized carbons (Fsp3) is 0.0800. The molecule has 0 aliphatic carbocycles. The van der Waals surface area contributed by atoms with Crippen molar-refractivity contribution < 1.29 is 23.5 Å². The molecule has 3 rings (SSSR count). The van der Waals surface area contributed by atoms with E-state index in [-0.39, 0.29) is 11.3 Å². The number of carbonyl (C=O) groups excluding carboxylic acids is 2. The Morgan fingerprint density at radius 1 is 1.03 bits per heavy atom. The summed E-state index contributed by atoms with van der Waals surface area (Å²) in [7, 11) is 1.33. The number of ether oxygens (including phenoxy) is 2. The Morgan fingerprint density at radius 2 is 1.72 bits per heavy atom. The fourth-order valence-electron chi connectivity index (χ4n) is 2.75. The molecule has 0 saturated carbocycles. The third kappa shape index (κ3) is 5.80. The molecule has 1 amide bonds. The van der Waals surface area contributed by atoms with Crippen LogP contribution in [-0.2, 0) is 16.1 Å². The first kappa shape index (κ1) is 22.2. The third-order valence-corrected chi connectivity index (χ3v) is 4.46. The number of hydrogen-bond acceptors (Lipinski definition) is 5. The number of benzene rings is 3. The third-order valence-electron chi connectivity index (χ3n) is 4.46. The summed E-state index contributed by atoms with van der Waals surface area (Å²) >= 11 is 0. The lowest BCUT2D eigenvalue weighted by Crippen LogP contribution is -2.14. The van der Waals surface area contributed by atoms with Crippen LogP contribution >= 0.6 is 0 Å². The summed E-state index contributed by atoms with van der Waals surface area (Å²) in [6.45, 7) is 0.297. The van der Waals surface area contributed by atoms with Gasteiger partial charge in [0.2, 0.25) is 0 Å². The van der Waals surface area contributed by atoms with Gasteiger partial charge in [-0.05, 0) is 53.6 Å². The van der Waals surface area contributed by atoms with E-state index in [0.717, 1.165) is 5.56 Å². The van der Waals surface area contributed by atoms with E-state index in [9.17, 15) is 19.2 Å². The van der Waals surface area contributed by atoms with Gasteiger partial charge in [-0.3, -0.25) is 4.79 Å². The van der Waals surface area contributed by atoms with Gasteiger partial charge in [0.05, 0.1) is 18.4 Å². The van der Waals surface area contributed by atoms with Crippen LogP contribution in [0.15, 0.2) is 78.4 Å². The predicted octanol–water partition coefficient (Wildman–Crippen LogP) is 4.74. The Labute approximate surface area is 184 Å². The normalized spacial score (nSPS) is 10.7. The topological polar surface area (TPSA) is 88.4 Å². The first-order valence-electron chi connectivity index (χ1n) is 9.58. The van der Waals surface area contributed by atoms with Crippen molar-refractivity contribution >= 4 is 23.6 Å². The van der Waals surface area contributed by atoms with Crippen LogP contribution in [0.25, 0.3) is 6.08 Å². The molecular formula is C25H19FN2O4. The van der Waals surface area contributed by atoms with Gasteiger partial charge in [0.15, 0.2) is 0 Å². The number of anilines is 1. The number of nitrogens with zero attached hydrogens (tertiary/aromatic N) is 1. The summed E-state index contributed by atoms with van der Waals surface area (Å²) in [5, 5.41) is 11.7. The Morgan fingerprint density at radius 3 is 2.34 bits per heavy atom. The van der Waals surface area contributed by atoms with E-state index in [2.05, 4.69) is 10.1 Å². The Balaban J connectivity index is 1.62. The van der Waals surface area contributed by atoms with Gasteiger partial charge < -0.3 is 14.8 Å². The Kier molecular flexibility index (Phi) is 7.33. The van der Waals surface area contributed by atoms with E-state index in [4.69, 9.17) is 4.74 Å². The van der Waals surface area contributed by atoms with Crippen molar-refractivity contribution in [2.24, 2.45) is 0 Å². The minimum Gasteiger partial charge on any atom is -0.489 e. The highest BCUT2D eigenvalue weighted by Gasteiger charge is 2.12. The quantitative estimate of drug-likeness (QED) is 0.332. The molecule has 0 aliphatic rings. The van der Waals surface area contributed by atoms with Crippen molar-refractivity contribution in [1.82, 2.24) is 0 Å². The van der Waals surface area contributed by atoms with Crippen molar-refractivity contribution in [3.05, 3.63) is 101 Å². The van der Waals surface area contributed by atoms with Gasteiger partial charge in [-0.2, -0.15) is 5.26 Å². The summed E-state index contributed by atoms with van der Waals surface area (Å²) in [5.74, 6) is -1.10. The number of nitrogens with one attached hydrogen (secondary N) is 1. The van der Waals surface area contributed by atoms with Crippen molar-refractivity contribution in [3.8, 4) is 11.8 Å². The molecule has 0 fully saturated rings. The van der Waals surface area contributed by atoms with Crippen molar-refractivity contribution in [2.45, 2.75) is 6.61 Å². The fourth-order valence-corrected chi connectivity index (χ4v) is 2.75. The number of amides is 1. The van der Waals surface area contributed by atoms with Gasteiger partial charge in [-0.15, -0.1) is 0 Å². The molecule has 3 aromatic carbocycles. The molecule has 160 valence electrons. The van der Waals surface area contributed by atoms with Gasteiger partial charge in [-0.25, -0.2) is 9.18 Å². The second-order valence-electron chi connectivity index (χ2n) is 6.65. The van der Waals surface area contributed by atoms with Gasteiger partial charge in [0, 0.05) is 0 Å². The second kappa shape index (κ2) is 10.5. The Hall–Kier alpha value is -4.44. The molecule has 0 radical (unpaired) electrons. The summed E-state index contributed by atoms with van der Waals surface area (Å²) in [6, 6.07) is 21.2. The molecule has 0 heterocycles. The number of esters is 1. The van der Waals surface area contributed by atoms with Gasteiger partial charge in [0.25, 0.3) is 5.91 Å². The van der Waals surface area contributed by atoms with E-state index in [1.54, 1.807) is 54.6 Å². The molecule has 0 aromatic heterocycles. The summed E-state index contributed by atoms with van der Waals surface area (Å²) in [6.07, 6.45) is 1.41. The molecule has 0 spiro atoms. The van der Waals surface area contributed by atoms with Gasteiger partial charge in [-0.1, -0.05) is 36.4 Å². The number of carbonyl (C=O) groups is 2. The molecule has 0 aliphatic heterocycles. The van der Waals surface area contributed by atoms with Crippen molar-refractivity contribution in [3.63, 3.8) is 0 Å². The number of hydrogen-bond donors (Lipinski definition) is 1. The maximum absolute atomic E-state index is 13.7. The van der Waals surface area contributed by atoms with Crippen LogP contribution in [0.1, 0.15) is 21.5 Å². The average Bonchev–Trinajstić information content (AvgIpc) is 2.83. The van der Waals surface area contributed by atoms with Gasteiger partial charge in [0.1, 0.15) is 29.8 Å². The van der Waals surface area contributed by atoms with Crippen molar-refractivity contribution in [2.75, 3.05) is 12.4 Å². The molecule has 1 N–H and O–H groups in total. The number of methoxy groups -OCH3 is 1. The van der Waals surface area contributed by atoms with Gasteiger partial charge >= 0.3 is 5.97 Å². The van der Waals surface area contributed by atoms with E-state index in [1.807, 2.05) is 6.07 Å². The molecule has 7 heteroatoms. The highest BCUT2D eigenvalue weighted by Crippen LogP contribution is 2.18. The zero-order valence-corrected chi connectivity index (χ0v) is 17.2.